The van der Waals surface area contributed by atoms with Crippen molar-refractivity contribution in [2.45, 2.75) is 6.92 Å². The van der Waals surface area contributed by atoms with Crippen molar-refractivity contribution in [2.75, 3.05) is 19.8 Å². The van der Waals surface area contributed by atoms with Gasteiger partial charge in [0.2, 0.25) is 0 Å². The second kappa shape index (κ2) is 5.35. The van der Waals surface area contributed by atoms with Crippen molar-refractivity contribution in [1.29, 1.82) is 0 Å². The predicted octanol–water partition coefficient (Wildman–Crippen LogP) is 1.70. The van der Waals surface area contributed by atoms with E-state index >= 15 is 0 Å². The third-order valence-corrected chi connectivity index (χ3v) is 3.22. The molecule has 0 atom stereocenters. The maximum absolute atomic E-state index is 2.25. The largest absolute Gasteiger partial charge is 0.334 e. The summed E-state index contributed by atoms with van der Waals surface area (Å²) in [5.41, 5.74) is 1.39. The fourth-order valence-electron chi connectivity index (χ4n) is 1.32. The van der Waals surface area contributed by atoms with Gasteiger partial charge in [0.25, 0.3) is 0 Å². The van der Waals surface area contributed by atoms with Gasteiger partial charge in [-0.15, -0.1) is 0 Å². The van der Waals surface area contributed by atoms with Crippen LogP contribution in [-0.2, 0) is 0 Å². The Balaban J connectivity index is 2.76. The molecule has 1 nitrogen and oxygen atoms in total. The third kappa shape index (κ3) is 3.09. The van der Waals surface area contributed by atoms with Crippen LogP contribution < -0.4 is 5.46 Å². The summed E-state index contributed by atoms with van der Waals surface area (Å²) in [7, 11) is 4.25. The second-order valence-electron chi connectivity index (χ2n) is 3.18. The van der Waals surface area contributed by atoms with Crippen LogP contribution in [0.3, 0.4) is 0 Å². The molecule has 0 spiro atoms. The van der Waals surface area contributed by atoms with E-state index in [9.17, 15) is 0 Å². The van der Waals surface area contributed by atoms with E-state index in [1.165, 1.54) is 5.46 Å². The maximum Gasteiger partial charge on any atom is 0.325 e. The van der Waals surface area contributed by atoms with Gasteiger partial charge in [0, 0.05) is 0 Å². The normalized spacial score (nSPS) is 10.5. The molecule has 0 saturated carbocycles. The van der Waals surface area contributed by atoms with Gasteiger partial charge in [-0.2, -0.15) is 11.6 Å². The molecule has 1 aromatic carbocycles. The fraction of sp³-hybridized carbons (Fsp3) is 0.400. The Kier molecular flexibility index (Phi) is 4.39. The van der Waals surface area contributed by atoms with Crippen molar-refractivity contribution in [3.05, 3.63) is 30.3 Å². The molecule has 0 aromatic heterocycles. The van der Waals surface area contributed by atoms with Crippen molar-refractivity contribution in [3.63, 3.8) is 0 Å². The molecule has 0 heterocycles. The summed E-state index contributed by atoms with van der Waals surface area (Å²) in [5.74, 6) is 1.15. The zero-order chi connectivity index (χ0) is 9.68. The van der Waals surface area contributed by atoms with Crippen molar-refractivity contribution < 1.29 is 0 Å². The van der Waals surface area contributed by atoms with Crippen molar-refractivity contribution in [1.82, 2.24) is 4.81 Å². The summed E-state index contributed by atoms with van der Waals surface area (Å²) in [6.45, 7) is 2.20. The molecule has 1 aromatic rings. The molecule has 0 aliphatic rings. The van der Waals surface area contributed by atoms with Crippen LogP contribution in [-0.4, -0.2) is 30.8 Å². The van der Waals surface area contributed by atoms with Crippen LogP contribution in [0.2, 0.25) is 0 Å². The first-order chi connectivity index (χ1) is 6.25. The van der Waals surface area contributed by atoms with E-state index in [0.29, 0.717) is 6.13 Å². The van der Waals surface area contributed by atoms with Crippen LogP contribution in [0.5, 0.6) is 0 Å². The fourth-order valence-corrected chi connectivity index (χ4v) is 2.28. The van der Waals surface area contributed by atoms with E-state index in [1.807, 2.05) is 11.6 Å². The van der Waals surface area contributed by atoms with E-state index in [4.69, 9.17) is 0 Å². The molecular weight excluding hydrogens is 177 g/mol. The highest BCUT2D eigenvalue weighted by molar-refractivity contribution is 8.26. The Labute approximate surface area is 85.5 Å². The number of rotatable bonds is 4. The summed E-state index contributed by atoms with van der Waals surface area (Å²) in [5, 5.41) is 0. The first kappa shape index (κ1) is 10.7. The molecule has 0 saturated heterocycles. The lowest BCUT2D eigenvalue weighted by Crippen LogP contribution is -2.41. The molecule has 0 bridgehead atoms. The minimum atomic E-state index is 0.492. The highest BCUT2D eigenvalue weighted by Crippen LogP contribution is 2.08. The van der Waals surface area contributed by atoms with E-state index in [1.54, 1.807) is 0 Å². The minimum absolute atomic E-state index is 0.492. The smallest absolute Gasteiger partial charge is 0.325 e. The molecule has 3 heteroatoms. The molecule has 0 radical (unpaired) electrons. The molecule has 1 rings (SSSR count). The molecule has 70 valence electrons. The molecule has 0 amide bonds. The van der Waals surface area contributed by atoms with Crippen LogP contribution in [0.15, 0.2) is 30.3 Å². The monoisotopic (exact) mass is 193 g/mol. The number of nitrogens with zero attached hydrogens (tertiary/aromatic N) is 1. The Hall–Kier alpha value is -0.405. The maximum atomic E-state index is 2.25. The van der Waals surface area contributed by atoms with Gasteiger partial charge in [0.05, 0.1) is 0 Å². The minimum Gasteiger partial charge on any atom is -0.334 e. The number of hydrogen-bond donors (Lipinski definition) is 0. The lowest BCUT2D eigenvalue weighted by Gasteiger charge is -2.19. The average molecular weight is 193 g/mol. The van der Waals surface area contributed by atoms with Crippen molar-refractivity contribution in [3.8, 4) is 0 Å². The molecular formula is C10H16BNS. The summed E-state index contributed by atoms with van der Waals surface area (Å²) in [4.78, 5) is 2.25. The van der Waals surface area contributed by atoms with Gasteiger partial charge < -0.3 is 4.81 Å². The first-order valence-corrected chi connectivity index (χ1v) is 5.63. The van der Waals surface area contributed by atoms with Gasteiger partial charge in [0.1, 0.15) is 0 Å². The molecule has 0 N–H and O–H groups in total. The van der Waals surface area contributed by atoms with Crippen LogP contribution in [0, 0.1) is 0 Å². The van der Waals surface area contributed by atoms with Crippen molar-refractivity contribution in [2.24, 2.45) is 0 Å². The van der Waals surface area contributed by atoms with E-state index in [0.717, 1.165) is 5.75 Å². The van der Waals surface area contributed by atoms with E-state index < -0.39 is 0 Å². The van der Waals surface area contributed by atoms with Crippen LogP contribution >= 0.6 is 11.6 Å². The summed E-state index contributed by atoms with van der Waals surface area (Å²) < 4.78 is 0. The highest BCUT2D eigenvalue weighted by Gasteiger charge is 2.18. The van der Waals surface area contributed by atoms with Gasteiger partial charge in [-0.05, 0) is 19.8 Å². The predicted molar refractivity (Wildman–Crippen MR) is 63.6 cm³/mol. The van der Waals surface area contributed by atoms with Crippen LogP contribution in [0.1, 0.15) is 6.92 Å². The Bertz CT molecular complexity index is 238. The average Bonchev–Trinajstić information content (AvgIpc) is 2.15. The van der Waals surface area contributed by atoms with Gasteiger partial charge in [-0.1, -0.05) is 42.7 Å². The lowest BCUT2D eigenvalue weighted by molar-refractivity contribution is 0.664. The zero-order valence-electron chi connectivity index (χ0n) is 8.53. The van der Waals surface area contributed by atoms with Gasteiger partial charge >= 0.3 is 6.13 Å². The molecule has 0 aliphatic carbocycles. The quantitative estimate of drug-likeness (QED) is 0.669. The van der Waals surface area contributed by atoms with Gasteiger partial charge in [-0.3, -0.25) is 0 Å². The highest BCUT2D eigenvalue weighted by atomic mass is 32.2. The van der Waals surface area contributed by atoms with Crippen LogP contribution in [0.4, 0.5) is 0 Å². The lowest BCUT2D eigenvalue weighted by atomic mass is 9.79. The Morgan fingerprint density at radius 2 is 1.85 bits per heavy atom. The third-order valence-electron chi connectivity index (χ3n) is 1.88. The molecule has 0 fully saturated rings. The first-order valence-electron chi connectivity index (χ1n) is 4.58. The van der Waals surface area contributed by atoms with Gasteiger partial charge in [0.15, 0.2) is 0 Å². The summed E-state index contributed by atoms with van der Waals surface area (Å²) in [6, 6.07) is 10.6. The Morgan fingerprint density at radius 1 is 1.23 bits per heavy atom. The number of benzene rings is 1. The zero-order valence-corrected chi connectivity index (χ0v) is 9.34. The number of hydrogen-bond acceptors (Lipinski definition) is 2. The second-order valence-corrected chi connectivity index (χ2v) is 4.54. The van der Waals surface area contributed by atoms with E-state index in [2.05, 4.69) is 56.2 Å². The standard InChI is InChI=1S/C10H16BNS/c1-4-13-11(12(2)3)10-8-6-5-7-9-10/h5-9H,4H2,1-3H3. The molecule has 0 aliphatic heterocycles. The van der Waals surface area contributed by atoms with Gasteiger partial charge in [-0.25, -0.2) is 0 Å². The summed E-state index contributed by atoms with van der Waals surface area (Å²) >= 11 is 1.96. The van der Waals surface area contributed by atoms with E-state index in [-0.39, 0.29) is 0 Å². The molecule has 13 heavy (non-hydrogen) atoms. The molecule has 0 unspecified atom stereocenters. The van der Waals surface area contributed by atoms with Crippen molar-refractivity contribution >= 4 is 23.2 Å². The topological polar surface area (TPSA) is 3.24 Å². The SMILES string of the molecule is CCSB(c1ccccc1)N(C)C. The summed E-state index contributed by atoms with van der Waals surface area (Å²) in [6.07, 6.45) is 0.492. The Morgan fingerprint density at radius 3 is 2.31 bits per heavy atom. The van der Waals surface area contributed by atoms with Crippen LogP contribution in [0.25, 0.3) is 0 Å².